The molecule has 9 nitrogen and oxygen atoms in total. The van der Waals surface area contributed by atoms with E-state index < -0.39 is 24.3 Å². The van der Waals surface area contributed by atoms with Crippen LogP contribution in [0.2, 0.25) is 0 Å². The number of nitrogens with zero attached hydrogens (tertiary/aromatic N) is 1. The zero-order valence-corrected chi connectivity index (χ0v) is 62.7. The lowest BCUT2D eigenvalue weighted by Crippen LogP contribution is -2.44. The number of quaternary nitrogens is 1. The molecule has 0 saturated heterocycles. The van der Waals surface area contributed by atoms with E-state index >= 15 is 0 Å². The van der Waals surface area contributed by atoms with E-state index in [1.807, 2.05) is 21.1 Å². The van der Waals surface area contributed by atoms with Crippen molar-refractivity contribution in [2.45, 2.75) is 424 Å². The van der Waals surface area contributed by atoms with Gasteiger partial charge in [-0.2, -0.15) is 0 Å². The molecule has 0 fully saturated rings. The monoisotopic (exact) mass is 1310 g/mol. The SMILES string of the molecule is CC/C=C\C/C=C\C/C=C\C/C=C\CCCCCCCCCCCCCCCCC(=O)OC(COC(=O)CCCCCCCCCCCCCCCCCCCCCCCCCCCCCCCCCCCCCCCCCCC)COC(OCC[N+](C)(C)C)C(=O)[O-]. The van der Waals surface area contributed by atoms with Crippen molar-refractivity contribution in [2.75, 3.05) is 47.5 Å². The number of carboxylic acid groups (broad SMARTS) is 1. The molecule has 0 aromatic heterocycles. The minimum Gasteiger partial charge on any atom is -0.545 e. The predicted molar refractivity (Wildman–Crippen MR) is 399 cm³/mol. The first kappa shape index (κ1) is 90.2. The Bertz CT molecular complexity index is 1670. The molecule has 0 amide bonds. The first-order chi connectivity index (χ1) is 45.6. The second-order valence-corrected chi connectivity index (χ2v) is 29.0. The molecule has 546 valence electrons. The van der Waals surface area contributed by atoms with Gasteiger partial charge in [0.25, 0.3) is 0 Å². The lowest BCUT2D eigenvalue weighted by Gasteiger charge is -2.26. The van der Waals surface area contributed by atoms with E-state index in [4.69, 9.17) is 18.9 Å². The van der Waals surface area contributed by atoms with Gasteiger partial charge in [-0.3, -0.25) is 9.59 Å². The molecular weight excluding hydrogens is 1150 g/mol. The largest absolute Gasteiger partial charge is 0.545 e. The Hall–Kier alpha value is -2.75. The number of aliphatic carboxylic acids is 1. The molecule has 2 atom stereocenters. The summed E-state index contributed by atoms with van der Waals surface area (Å²) in [6.45, 7) is 4.71. The van der Waals surface area contributed by atoms with Gasteiger partial charge in [0.2, 0.25) is 0 Å². The molecular formula is C84H157NO8. The Kier molecular flexibility index (Phi) is 72.8. The molecule has 9 heteroatoms. The fraction of sp³-hybridized carbons (Fsp3) is 0.869. The number of likely N-dealkylation sites (N-methyl/N-ethyl adjacent to an activating group) is 1. The Morgan fingerprint density at radius 3 is 0.914 bits per heavy atom. The van der Waals surface area contributed by atoms with E-state index in [-0.39, 0.29) is 32.2 Å². The summed E-state index contributed by atoms with van der Waals surface area (Å²) in [5.41, 5.74) is 0. The lowest BCUT2D eigenvalue weighted by molar-refractivity contribution is -0.870. The van der Waals surface area contributed by atoms with Crippen molar-refractivity contribution < 1.29 is 42.9 Å². The van der Waals surface area contributed by atoms with Gasteiger partial charge in [0.1, 0.15) is 13.2 Å². The highest BCUT2D eigenvalue weighted by Gasteiger charge is 2.22. The first-order valence-electron chi connectivity index (χ1n) is 40.8. The average Bonchev–Trinajstić information content (AvgIpc) is 3.38. The van der Waals surface area contributed by atoms with Crippen LogP contribution in [0.15, 0.2) is 48.6 Å². The van der Waals surface area contributed by atoms with E-state index in [0.29, 0.717) is 23.9 Å². The lowest BCUT2D eigenvalue weighted by atomic mass is 10.0. The van der Waals surface area contributed by atoms with Gasteiger partial charge in [-0.25, -0.2) is 0 Å². The average molecular weight is 1310 g/mol. The number of carbonyl (C=O) groups is 3. The van der Waals surface area contributed by atoms with Crippen LogP contribution in [0.25, 0.3) is 0 Å². The normalized spacial score (nSPS) is 12.8. The van der Waals surface area contributed by atoms with Crippen molar-refractivity contribution in [2.24, 2.45) is 0 Å². The maximum Gasteiger partial charge on any atom is 0.306 e. The number of carboxylic acids is 1. The highest BCUT2D eigenvalue weighted by molar-refractivity contribution is 5.70. The van der Waals surface area contributed by atoms with Crippen LogP contribution in [0.4, 0.5) is 0 Å². The van der Waals surface area contributed by atoms with Crippen molar-refractivity contribution in [3.05, 3.63) is 48.6 Å². The molecule has 0 heterocycles. The topological polar surface area (TPSA) is 111 Å². The maximum absolute atomic E-state index is 13.0. The molecule has 0 aliphatic heterocycles. The van der Waals surface area contributed by atoms with Gasteiger partial charge < -0.3 is 33.3 Å². The molecule has 2 unspecified atom stereocenters. The molecule has 0 bridgehead atoms. The van der Waals surface area contributed by atoms with E-state index in [1.165, 1.54) is 321 Å². The first-order valence-corrected chi connectivity index (χ1v) is 40.8. The predicted octanol–water partition coefficient (Wildman–Crippen LogP) is 24.7. The van der Waals surface area contributed by atoms with E-state index in [9.17, 15) is 19.5 Å². The second-order valence-electron chi connectivity index (χ2n) is 29.0. The van der Waals surface area contributed by atoms with Crippen molar-refractivity contribution in [3.8, 4) is 0 Å². The summed E-state index contributed by atoms with van der Waals surface area (Å²) in [6.07, 6.45) is 95.5. The molecule has 0 aromatic carbocycles. The van der Waals surface area contributed by atoms with Gasteiger partial charge >= 0.3 is 11.9 Å². The summed E-state index contributed by atoms with van der Waals surface area (Å²) >= 11 is 0. The van der Waals surface area contributed by atoms with Crippen LogP contribution in [0.5, 0.6) is 0 Å². The van der Waals surface area contributed by atoms with Crippen molar-refractivity contribution in [3.63, 3.8) is 0 Å². The number of ether oxygens (including phenoxy) is 4. The van der Waals surface area contributed by atoms with Gasteiger partial charge in [-0.1, -0.05) is 396 Å². The van der Waals surface area contributed by atoms with Crippen LogP contribution in [0, 0.1) is 0 Å². The summed E-state index contributed by atoms with van der Waals surface area (Å²) in [7, 11) is 5.95. The van der Waals surface area contributed by atoms with Crippen LogP contribution in [0.1, 0.15) is 412 Å². The van der Waals surface area contributed by atoms with E-state index in [2.05, 4.69) is 62.5 Å². The molecule has 0 aromatic rings. The summed E-state index contributed by atoms with van der Waals surface area (Å²) in [4.78, 5) is 37.6. The van der Waals surface area contributed by atoms with Crippen LogP contribution in [0.3, 0.4) is 0 Å². The van der Waals surface area contributed by atoms with Gasteiger partial charge in [0.15, 0.2) is 12.4 Å². The highest BCUT2D eigenvalue weighted by Crippen LogP contribution is 2.20. The van der Waals surface area contributed by atoms with E-state index in [0.717, 1.165) is 57.8 Å². The third-order valence-electron chi connectivity index (χ3n) is 18.6. The summed E-state index contributed by atoms with van der Waals surface area (Å²) in [5, 5.41) is 11.9. The second kappa shape index (κ2) is 75.0. The summed E-state index contributed by atoms with van der Waals surface area (Å²) in [6, 6.07) is 0. The summed E-state index contributed by atoms with van der Waals surface area (Å²) < 4.78 is 22.9. The number of allylic oxidation sites excluding steroid dienone is 8. The van der Waals surface area contributed by atoms with Gasteiger partial charge in [0.05, 0.1) is 40.3 Å². The zero-order chi connectivity index (χ0) is 67.5. The molecule has 0 rings (SSSR count). The fourth-order valence-electron chi connectivity index (χ4n) is 12.4. The molecule has 0 radical (unpaired) electrons. The minimum absolute atomic E-state index is 0.149. The number of esters is 2. The maximum atomic E-state index is 13.0. The highest BCUT2D eigenvalue weighted by atomic mass is 16.7. The Balaban J connectivity index is 3.91. The van der Waals surface area contributed by atoms with Gasteiger partial charge in [-0.15, -0.1) is 0 Å². The molecule has 0 saturated carbocycles. The Morgan fingerprint density at radius 2 is 0.613 bits per heavy atom. The van der Waals surface area contributed by atoms with Crippen molar-refractivity contribution >= 4 is 17.9 Å². The van der Waals surface area contributed by atoms with Gasteiger partial charge in [-0.05, 0) is 51.4 Å². The third kappa shape index (κ3) is 76.5. The number of carbonyl (C=O) groups excluding carboxylic acids is 3. The smallest absolute Gasteiger partial charge is 0.306 e. The molecule has 93 heavy (non-hydrogen) atoms. The van der Waals surface area contributed by atoms with Gasteiger partial charge in [0, 0.05) is 12.8 Å². The van der Waals surface area contributed by atoms with Crippen LogP contribution < -0.4 is 5.11 Å². The zero-order valence-electron chi connectivity index (χ0n) is 62.7. The summed E-state index contributed by atoms with van der Waals surface area (Å²) in [5.74, 6) is -2.26. The molecule has 0 spiro atoms. The van der Waals surface area contributed by atoms with Crippen LogP contribution >= 0.6 is 0 Å². The van der Waals surface area contributed by atoms with Crippen molar-refractivity contribution in [1.29, 1.82) is 0 Å². The fourth-order valence-corrected chi connectivity index (χ4v) is 12.4. The van der Waals surface area contributed by atoms with Crippen molar-refractivity contribution in [1.82, 2.24) is 0 Å². The Labute approximate surface area is 578 Å². The standard InChI is InChI=1S/C84H157NO8/c1-6-8-10-12-14-16-18-20-22-24-26-28-30-32-34-35-36-37-38-39-40-41-42-43-44-45-46-47-49-50-52-54-56-58-60-62-64-66-68-70-72-74-81(86)91-78-80(79-92-84(83(88)89)90-77-76-85(3,4)5)93-82(87)75-73-71-69-67-65-63-61-59-57-55-53-51-48-33-31-29-27-25-23-21-19-17-15-13-11-9-7-2/h9,11,15,17,21,23,27,29,80,84H,6-8,10,12-14,16,18-20,22,24-26,28,30-79H2,1-5H3/b11-9-,17-15-,23-21-,29-27-. The number of unbranched alkanes of at least 4 members (excludes halogenated alkanes) is 54. The van der Waals surface area contributed by atoms with Crippen LogP contribution in [-0.2, 0) is 33.3 Å². The molecule has 0 N–H and O–H groups in total. The van der Waals surface area contributed by atoms with E-state index in [1.54, 1.807) is 0 Å². The van der Waals surface area contributed by atoms with Crippen LogP contribution in [-0.4, -0.2) is 82.3 Å². The molecule has 0 aliphatic carbocycles. The number of rotatable bonds is 77. The Morgan fingerprint density at radius 1 is 0.333 bits per heavy atom. The number of hydrogen-bond donors (Lipinski definition) is 0. The number of hydrogen-bond acceptors (Lipinski definition) is 8. The third-order valence-corrected chi connectivity index (χ3v) is 18.6. The quantitative estimate of drug-likeness (QED) is 0.0195. The minimum atomic E-state index is -1.62. The molecule has 0 aliphatic rings.